The van der Waals surface area contributed by atoms with Crippen LogP contribution in [0.5, 0.6) is 5.75 Å². The van der Waals surface area contributed by atoms with Crippen LogP contribution in [0.2, 0.25) is 5.02 Å². The molecule has 0 radical (unpaired) electrons. The highest BCUT2D eigenvalue weighted by atomic mass is 35.5. The van der Waals surface area contributed by atoms with E-state index in [4.69, 9.17) is 20.8 Å². The number of nitrogens with zero attached hydrogens (tertiary/aromatic N) is 3. The molecule has 0 aliphatic heterocycles. The number of benzene rings is 1. The van der Waals surface area contributed by atoms with Gasteiger partial charge in [0.1, 0.15) is 17.2 Å². The standard InChI is InChI=1S/C16H13ClN4O5/c17-13-8-11(21(23)24)3-4-15(13)26-10-20-6-5-14(19-20)16(22)18-9-12-2-1-7-25-12/h1-8H,9-10H2,(H,18,22). The van der Waals surface area contributed by atoms with Crippen LogP contribution in [0.25, 0.3) is 0 Å². The number of furan rings is 1. The molecule has 26 heavy (non-hydrogen) atoms. The number of halogens is 1. The van der Waals surface area contributed by atoms with Crippen LogP contribution in [0.1, 0.15) is 16.2 Å². The molecule has 1 aromatic carbocycles. The minimum atomic E-state index is -0.545. The summed E-state index contributed by atoms with van der Waals surface area (Å²) in [5, 5.41) is 17.6. The molecular weight excluding hydrogens is 364 g/mol. The van der Waals surface area contributed by atoms with Crippen molar-refractivity contribution in [3.05, 3.63) is 75.4 Å². The van der Waals surface area contributed by atoms with Crippen molar-refractivity contribution in [1.82, 2.24) is 15.1 Å². The number of ether oxygens (including phenoxy) is 1. The Morgan fingerprint density at radius 3 is 2.92 bits per heavy atom. The summed E-state index contributed by atoms with van der Waals surface area (Å²) in [4.78, 5) is 22.2. The third-order valence-corrected chi connectivity index (χ3v) is 3.65. The molecule has 134 valence electrons. The number of nitro benzene ring substituents is 1. The van der Waals surface area contributed by atoms with E-state index in [0.717, 1.165) is 0 Å². The molecule has 0 aliphatic rings. The second-order valence-electron chi connectivity index (χ2n) is 5.15. The van der Waals surface area contributed by atoms with Gasteiger partial charge in [0.15, 0.2) is 6.73 Å². The van der Waals surface area contributed by atoms with Gasteiger partial charge in [-0.3, -0.25) is 14.9 Å². The van der Waals surface area contributed by atoms with E-state index in [2.05, 4.69) is 10.4 Å². The summed E-state index contributed by atoms with van der Waals surface area (Å²) in [5.41, 5.74) is 0.0897. The number of amides is 1. The number of non-ortho nitro benzene ring substituents is 1. The zero-order chi connectivity index (χ0) is 18.5. The third-order valence-electron chi connectivity index (χ3n) is 3.36. The predicted octanol–water partition coefficient (Wildman–Crippen LogP) is 3.00. The van der Waals surface area contributed by atoms with Crippen LogP contribution in [0, 0.1) is 10.1 Å². The third kappa shape index (κ3) is 4.19. The first-order valence-corrected chi connectivity index (χ1v) is 7.81. The Bertz CT molecular complexity index is 923. The molecule has 3 aromatic rings. The summed E-state index contributed by atoms with van der Waals surface area (Å²) in [6.45, 7) is 0.247. The minimum absolute atomic E-state index is 0.0109. The van der Waals surface area contributed by atoms with Crippen molar-refractivity contribution in [2.45, 2.75) is 13.3 Å². The average molecular weight is 377 g/mol. The van der Waals surface area contributed by atoms with Crippen molar-refractivity contribution in [2.24, 2.45) is 0 Å². The van der Waals surface area contributed by atoms with Crippen molar-refractivity contribution in [1.29, 1.82) is 0 Å². The Morgan fingerprint density at radius 1 is 1.38 bits per heavy atom. The summed E-state index contributed by atoms with van der Waals surface area (Å²) in [7, 11) is 0. The highest BCUT2D eigenvalue weighted by Gasteiger charge is 2.12. The molecule has 0 spiro atoms. The lowest BCUT2D eigenvalue weighted by molar-refractivity contribution is -0.384. The fraction of sp³-hybridized carbons (Fsp3) is 0.125. The van der Waals surface area contributed by atoms with Gasteiger partial charge in [-0.25, -0.2) is 4.68 Å². The van der Waals surface area contributed by atoms with Gasteiger partial charge in [-0.05, 0) is 24.3 Å². The van der Waals surface area contributed by atoms with Crippen LogP contribution in [0.4, 0.5) is 5.69 Å². The first kappa shape index (κ1) is 17.5. The number of hydrogen-bond acceptors (Lipinski definition) is 6. The quantitative estimate of drug-likeness (QED) is 0.501. The van der Waals surface area contributed by atoms with E-state index >= 15 is 0 Å². The zero-order valence-electron chi connectivity index (χ0n) is 13.3. The van der Waals surface area contributed by atoms with Crippen LogP contribution in [-0.2, 0) is 13.3 Å². The lowest BCUT2D eigenvalue weighted by Gasteiger charge is -2.07. The van der Waals surface area contributed by atoms with Gasteiger partial charge in [-0.1, -0.05) is 11.6 Å². The summed E-state index contributed by atoms with van der Waals surface area (Å²) < 4.78 is 12.0. The van der Waals surface area contributed by atoms with E-state index in [1.54, 1.807) is 18.3 Å². The van der Waals surface area contributed by atoms with Gasteiger partial charge in [0.25, 0.3) is 11.6 Å². The molecule has 2 heterocycles. The van der Waals surface area contributed by atoms with E-state index in [1.165, 1.54) is 35.2 Å². The van der Waals surface area contributed by atoms with E-state index in [9.17, 15) is 14.9 Å². The second kappa shape index (κ2) is 7.70. The van der Waals surface area contributed by atoms with Crippen LogP contribution < -0.4 is 10.1 Å². The van der Waals surface area contributed by atoms with Gasteiger partial charge in [0.05, 0.1) is 22.8 Å². The monoisotopic (exact) mass is 376 g/mol. The Labute approximate surface area is 152 Å². The van der Waals surface area contributed by atoms with E-state index in [1.807, 2.05) is 0 Å². The normalized spacial score (nSPS) is 10.5. The number of carbonyl (C=O) groups is 1. The van der Waals surface area contributed by atoms with E-state index in [-0.39, 0.29) is 41.3 Å². The minimum Gasteiger partial charge on any atom is -0.470 e. The molecule has 0 bridgehead atoms. The van der Waals surface area contributed by atoms with Crippen molar-refractivity contribution in [3.8, 4) is 5.75 Å². The first-order valence-electron chi connectivity index (χ1n) is 7.44. The molecule has 0 aliphatic carbocycles. The van der Waals surface area contributed by atoms with Crippen molar-refractivity contribution >= 4 is 23.2 Å². The lowest BCUT2D eigenvalue weighted by atomic mass is 10.3. The summed E-state index contributed by atoms with van der Waals surface area (Å²) >= 11 is 5.95. The SMILES string of the molecule is O=C(NCc1ccco1)c1ccn(COc2ccc([N+](=O)[O-])cc2Cl)n1. The zero-order valence-corrected chi connectivity index (χ0v) is 14.0. The number of nitrogens with one attached hydrogen (secondary N) is 1. The van der Waals surface area contributed by atoms with Crippen LogP contribution in [0.15, 0.2) is 53.3 Å². The number of aromatic nitrogens is 2. The molecule has 0 saturated carbocycles. The van der Waals surface area contributed by atoms with Gasteiger partial charge in [0.2, 0.25) is 0 Å². The molecule has 10 heteroatoms. The van der Waals surface area contributed by atoms with Gasteiger partial charge in [-0.15, -0.1) is 0 Å². The Kier molecular flexibility index (Phi) is 5.18. The highest BCUT2D eigenvalue weighted by molar-refractivity contribution is 6.32. The van der Waals surface area contributed by atoms with Gasteiger partial charge in [0, 0.05) is 18.3 Å². The smallest absolute Gasteiger partial charge is 0.272 e. The Balaban J connectivity index is 1.56. The van der Waals surface area contributed by atoms with Crippen LogP contribution in [-0.4, -0.2) is 20.6 Å². The van der Waals surface area contributed by atoms with Gasteiger partial charge >= 0.3 is 0 Å². The number of nitro groups is 1. The van der Waals surface area contributed by atoms with Gasteiger partial charge < -0.3 is 14.5 Å². The molecule has 0 saturated heterocycles. The topological polar surface area (TPSA) is 112 Å². The van der Waals surface area contributed by atoms with Crippen molar-refractivity contribution in [2.75, 3.05) is 0 Å². The molecule has 9 nitrogen and oxygen atoms in total. The Hall–Kier alpha value is -3.33. The Morgan fingerprint density at radius 2 is 2.23 bits per heavy atom. The summed E-state index contributed by atoms with van der Waals surface area (Å²) in [5.74, 6) is 0.555. The highest BCUT2D eigenvalue weighted by Crippen LogP contribution is 2.28. The lowest BCUT2D eigenvalue weighted by Crippen LogP contribution is -2.23. The largest absolute Gasteiger partial charge is 0.470 e. The van der Waals surface area contributed by atoms with Crippen molar-refractivity contribution in [3.63, 3.8) is 0 Å². The van der Waals surface area contributed by atoms with E-state index in [0.29, 0.717) is 5.76 Å². The molecule has 1 amide bonds. The molecule has 3 rings (SSSR count). The van der Waals surface area contributed by atoms with E-state index < -0.39 is 4.92 Å². The molecular formula is C16H13ClN4O5. The predicted molar refractivity (Wildman–Crippen MR) is 90.8 cm³/mol. The molecule has 1 N–H and O–H groups in total. The number of carbonyl (C=O) groups excluding carboxylic acids is 1. The fourth-order valence-corrected chi connectivity index (χ4v) is 2.31. The summed E-state index contributed by atoms with van der Waals surface area (Å²) in [6.07, 6.45) is 3.10. The fourth-order valence-electron chi connectivity index (χ4n) is 2.08. The van der Waals surface area contributed by atoms with Crippen molar-refractivity contribution < 1.29 is 18.9 Å². The number of rotatable bonds is 7. The molecule has 0 fully saturated rings. The van der Waals surface area contributed by atoms with Crippen LogP contribution >= 0.6 is 11.6 Å². The molecule has 0 atom stereocenters. The maximum Gasteiger partial charge on any atom is 0.272 e. The molecule has 0 unspecified atom stereocenters. The maximum absolute atomic E-state index is 12.0. The number of hydrogen-bond donors (Lipinski definition) is 1. The molecule has 2 aromatic heterocycles. The van der Waals surface area contributed by atoms with Crippen LogP contribution in [0.3, 0.4) is 0 Å². The second-order valence-corrected chi connectivity index (χ2v) is 5.55. The maximum atomic E-state index is 12.0. The summed E-state index contributed by atoms with van der Waals surface area (Å²) in [6, 6.07) is 8.92. The first-order chi connectivity index (χ1) is 12.5. The average Bonchev–Trinajstić information content (AvgIpc) is 3.30. The van der Waals surface area contributed by atoms with Gasteiger partial charge in [-0.2, -0.15) is 5.10 Å².